The maximum atomic E-state index is 12.9. The van der Waals surface area contributed by atoms with Crippen molar-refractivity contribution in [2.45, 2.75) is 12.3 Å². The highest BCUT2D eigenvalue weighted by molar-refractivity contribution is 5.95. The van der Waals surface area contributed by atoms with E-state index in [1.807, 2.05) is 0 Å². The molecule has 110 valence electrons. The Morgan fingerprint density at radius 3 is 2.50 bits per heavy atom. The number of amides is 1. The van der Waals surface area contributed by atoms with Crippen LogP contribution < -0.4 is 0 Å². The fourth-order valence-electron chi connectivity index (χ4n) is 1.46. The number of rotatable bonds is 5. The summed E-state index contributed by atoms with van der Waals surface area (Å²) in [5.41, 5.74) is -0.507. The Morgan fingerprint density at radius 2 is 2.10 bits per heavy atom. The average molecular weight is 292 g/mol. The van der Waals surface area contributed by atoms with Gasteiger partial charge in [-0.15, -0.1) is 13.2 Å². The number of hydrogen-bond acceptors (Lipinski definition) is 4. The molecule has 0 saturated heterocycles. The molecule has 1 unspecified atom stereocenters. The second-order valence-electron chi connectivity index (χ2n) is 3.67. The Balaban J connectivity index is 3.19. The number of methoxy groups -OCH3 is 1. The van der Waals surface area contributed by atoms with E-state index in [0.717, 1.165) is 19.4 Å². The minimum Gasteiger partial charge on any atom is -0.480 e. The smallest absolute Gasteiger partial charge is 0.480 e. The second kappa shape index (κ2) is 6.33. The fraction of sp³-hybridized carbons (Fsp3) is 0.364. The molecule has 1 aromatic heterocycles. The number of ether oxygens (including phenoxy) is 1. The minimum atomic E-state index is -5.17. The van der Waals surface area contributed by atoms with Crippen LogP contribution in [0.1, 0.15) is 10.5 Å². The first kappa shape index (κ1) is 15.9. The molecule has 0 aliphatic carbocycles. The monoisotopic (exact) mass is 292 g/mol. The van der Waals surface area contributed by atoms with Crippen LogP contribution in [0.4, 0.5) is 13.2 Å². The van der Waals surface area contributed by atoms with Crippen molar-refractivity contribution in [1.82, 2.24) is 9.88 Å². The van der Waals surface area contributed by atoms with Crippen LogP contribution in [-0.4, -0.2) is 52.9 Å². The lowest BCUT2D eigenvalue weighted by atomic mass is 10.2. The van der Waals surface area contributed by atoms with E-state index in [1.165, 1.54) is 12.1 Å². The molecule has 20 heavy (non-hydrogen) atoms. The van der Waals surface area contributed by atoms with Gasteiger partial charge in [0.25, 0.3) is 5.91 Å². The van der Waals surface area contributed by atoms with Gasteiger partial charge in [0.2, 0.25) is 0 Å². The standard InChI is InChI=1S/C11H11F3N2O4/c1-20-6-8(10(18)19)16(11(12,13)14)9(17)7-4-2-3-5-15-7/h2-5,8H,6H2,1H3,(H,18,19). The number of aromatic nitrogens is 1. The molecule has 0 saturated carbocycles. The van der Waals surface area contributed by atoms with Crippen LogP contribution in [0, 0.1) is 0 Å². The van der Waals surface area contributed by atoms with Gasteiger partial charge in [-0.3, -0.25) is 9.78 Å². The van der Waals surface area contributed by atoms with Crippen molar-refractivity contribution in [1.29, 1.82) is 0 Å². The first-order chi connectivity index (χ1) is 9.29. The number of hydrogen-bond donors (Lipinski definition) is 1. The van der Waals surface area contributed by atoms with Crippen LogP contribution in [0.3, 0.4) is 0 Å². The Bertz CT molecular complexity index is 478. The van der Waals surface area contributed by atoms with E-state index in [9.17, 15) is 22.8 Å². The van der Waals surface area contributed by atoms with Gasteiger partial charge < -0.3 is 9.84 Å². The molecule has 0 spiro atoms. The topological polar surface area (TPSA) is 79.7 Å². The summed E-state index contributed by atoms with van der Waals surface area (Å²) in [5, 5.41) is 8.84. The zero-order valence-electron chi connectivity index (χ0n) is 10.3. The lowest BCUT2D eigenvalue weighted by molar-refractivity contribution is -0.241. The summed E-state index contributed by atoms with van der Waals surface area (Å²) in [6.45, 7) is -0.798. The molecule has 0 aliphatic heterocycles. The van der Waals surface area contributed by atoms with E-state index < -0.39 is 41.4 Å². The number of carboxylic acid groups (broad SMARTS) is 1. The summed E-state index contributed by atoms with van der Waals surface area (Å²) in [5.74, 6) is -3.38. The number of nitrogens with zero attached hydrogens (tertiary/aromatic N) is 2. The van der Waals surface area contributed by atoms with E-state index >= 15 is 0 Å². The van der Waals surface area contributed by atoms with Crippen molar-refractivity contribution in [2.24, 2.45) is 0 Å². The molecule has 1 heterocycles. The molecule has 0 bridgehead atoms. The molecule has 1 rings (SSSR count). The van der Waals surface area contributed by atoms with Crippen LogP contribution >= 0.6 is 0 Å². The number of halogens is 3. The van der Waals surface area contributed by atoms with Gasteiger partial charge in [-0.05, 0) is 12.1 Å². The predicted octanol–water partition coefficient (Wildman–Crippen LogP) is 1.14. The number of alkyl halides is 3. The van der Waals surface area contributed by atoms with Gasteiger partial charge in [-0.2, -0.15) is 0 Å². The van der Waals surface area contributed by atoms with Crippen LogP contribution in [0.2, 0.25) is 0 Å². The van der Waals surface area contributed by atoms with Crippen LogP contribution in [-0.2, 0) is 9.53 Å². The van der Waals surface area contributed by atoms with Crippen molar-refractivity contribution in [3.05, 3.63) is 30.1 Å². The third-order valence-corrected chi connectivity index (χ3v) is 2.30. The number of carbonyl (C=O) groups excluding carboxylic acids is 1. The SMILES string of the molecule is COCC(C(=O)O)N(C(=O)c1ccccn1)C(F)(F)F. The Morgan fingerprint density at radius 1 is 1.45 bits per heavy atom. The van der Waals surface area contributed by atoms with Crippen molar-refractivity contribution < 1.29 is 32.6 Å². The maximum Gasteiger partial charge on any atom is 0.488 e. The molecule has 0 fully saturated rings. The molecule has 0 radical (unpaired) electrons. The van der Waals surface area contributed by atoms with Gasteiger partial charge in [0.05, 0.1) is 6.61 Å². The van der Waals surface area contributed by atoms with E-state index in [1.54, 1.807) is 0 Å². The quantitative estimate of drug-likeness (QED) is 0.823. The highest BCUT2D eigenvalue weighted by Crippen LogP contribution is 2.26. The largest absolute Gasteiger partial charge is 0.488 e. The molecule has 1 N–H and O–H groups in total. The second-order valence-corrected chi connectivity index (χ2v) is 3.67. The Kier molecular flexibility index (Phi) is 5.03. The Labute approximate surface area is 111 Å². The number of aliphatic carboxylic acids is 1. The molecule has 1 aromatic rings. The first-order valence-corrected chi connectivity index (χ1v) is 5.32. The molecule has 1 amide bonds. The van der Waals surface area contributed by atoms with Crippen molar-refractivity contribution >= 4 is 11.9 Å². The predicted molar refractivity (Wildman–Crippen MR) is 59.8 cm³/mol. The van der Waals surface area contributed by atoms with E-state index in [2.05, 4.69) is 9.72 Å². The third-order valence-electron chi connectivity index (χ3n) is 2.30. The number of carboxylic acids is 1. The van der Waals surface area contributed by atoms with Crippen molar-refractivity contribution in [3.8, 4) is 0 Å². The normalized spacial score (nSPS) is 12.8. The van der Waals surface area contributed by atoms with Crippen LogP contribution in [0.15, 0.2) is 24.4 Å². The summed E-state index contributed by atoms with van der Waals surface area (Å²) < 4.78 is 43.3. The first-order valence-electron chi connectivity index (χ1n) is 5.32. The minimum absolute atomic E-state index is 0.507. The highest BCUT2D eigenvalue weighted by Gasteiger charge is 2.48. The van der Waals surface area contributed by atoms with Crippen LogP contribution in [0.25, 0.3) is 0 Å². The Hall–Kier alpha value is -2.16. The summed E-state index contributed by atoms with van der Waals surface area (Å²) in [4.78, 5) is 25.5. The zero-order chi connectivity index (χ0) is 15.3. The molecular formula is C11H11F3N2O4. The maximum absolute atomic E-state index is 12.9. The lowest BCUT2D eigenvalue weighted by Crippen LogP contribution is -2.54. The number of carbonyl (C=O) groups is 2. The van der Waals surface area contributed by atoms with E-state index in [4.69, 9.17) is 5.11 Å². The number of pyridine rings is 1. The zero-order valence-corrected chi connectivity index (χ0v) is 10.3. The summed E-state index contributed by atoms with van der Waals surface area (Å²) in [6, 6.07) is 1.61. The molecule has 0 aromatic carbocycles. The molecule has 1 atom stereocenters. The molecule has 9 heteroatoms. The summed E-state index contributed by atoms with van der Waals surface area (Å²) >= 11 is 0. The molecule has 6 nitrogen and oxygen atoms in total. The van der Waals surface area contributed by atoms with Crippen molar-refractivity contribution in [2.75, 3.05) is 13.7 Å². The van der Waals surface area contributed by atoms with Crippen LogP contribution in [0.5, 0.6) is 0 Å². The van der Waals surface area contributed by atoms with E-state index in [-0.39, 0.29) is 0 Å². The molecule has 0 aliphatic rings. The lowest BCUT2D eigenvalue weighted by Gasteiger charge is -2.29. The van der Waals surface area contributed by atoms with Gasteiger partial charge in [-0.1, -0.05) is 6.07 Å². The summed E-state index contributed by atoms with van der Waals surface area (Å²) in [6.07, 6.45) is -4.04. The van der Waals surface area contributed by atoms with Crippen molar-refractivity contribution in [3.63, 3.8) is 0 Å². The highest BCUT2D eigenvalue weighted by atomic mass is 19.4. The van der Waals surface area contributed by atoms with Gasteiger partial charge in [0.1, 0.15) is 5.69 Å². The average Bonchev–Trinajstić information content (AvgIpc) is 2.37. The third kappa shape index (κ3) is 3.67. The van der Waals surface area contributed by atoms with Gasteiger partial charge in [-0.25, -0.2) is 9.69 Å². The van der Waals surface area contributed by atoms with Gasteiger partial charge in [0, 0.05) is 13.3 Å². The van der Waals surface area contributed by atoms with Gasteiger partial charge >= 0.3 is 12.3 Å². The van der Waals surface area contributed by atoms with E-state index in [0.29, 0.717) is 0 Å². The molecular weight excluding hydrogens is 281 g/mol. The summed E-state index contributed by atoms with van der Waals surface area (Å²) in [7, 11) is 1.04. The fourth-order valence-corrected chi connectivity index (χ4v) is 1.46. The van der Waals surface area contributed by atoms with Gasteiger partial charge in [0.15, 0.2) is 6.04 Å².